The van der Waals surface area contributed by atoms with Crippen molar-refractivity contribution in [1.29, 1.82) is 0 Å². The van der Waals surface area contributed by atoms with E-state index in [1.807, 2.05) is 18.3 Å². The van der Waals surface area contributed by atoms with Gasteiger partial charge >= 0.3 is 0 Å². The quantitative estimate of drug-likeness (QED) is 0.191. The lowest BCUT2D eigenvalue weighted by Gasteiger charge is -2.42. The minimum Gasteiger partial charge on any atom is -0.507 e. The molecule has 1 aliphatic carbocycles. The fourth-order valence-electron chi connectivity index (χ4n) is 8.43. The lowest BCUT2D eigenvalue weighted by molar-refractivity contribution is 0.330. The number of fused-ring (bicyclic) bond motifs is 2. The van der Waals surface area contributed by atoms with Crippen molar-refractivity contribution in [1.82, 2.24) is 14.5 Å². The third-order valence-electron chi connectivity index (χ3n) is 12.2. The van der Waals surface area contributed by atoms with Crippen LogP contribution in [0.5, 0.6) is 5.75 Å². The van der Waals surface area contributed by atoms with Crippen LogP contribution in [0.4, 0.5) is 0 Å². The van der Waals surface area contributed by atoms with E-state index < -0.39 is 0 Å². The summed E-state index contributed by atoms with van der Waals surface area (Å²) in [5.74, 6) is 0.997. The molecule has 2 heterocycles. The maximum absolute atomic E-state index is 11.9. The Hall–Kier alpha value is -5.48. The molecule has 4 nitrogen and oxygen atoms in total. The van der Waals surface area contributed by atoms with Crippen LogP contribution in [-0.4, -0.2) is 19.6 Å². The Bertz CT molecular complexity index is 2590. The van der Waals surface area contributed by atoms with Gasteiger partial charge < -0.3 is 5.11 Å². The summed E-state index contributed by atoms with van der Waals surface area (Å²) >= 11 is 0. The average molecular weight is 738 g/mol. The topological polar surface area (TPSA) is 50.9 Å². The van der Waals surface area contributed by atoms with Crippen molar-refractivity contribution in [2.45, 2.75) is 104 Å². The molecule has 0 amide bonds. The summed E-state index contributed by atoms with van der Waals surface area (Å²) in [5, 5.41) is 11.9. The molecular formula is C52H55N3O. The van der Waals surface area contributed by atoms with Gasteiger partial charge in [0.05, 0.1) is 22.3 Å². The fourth-order valence-corrected chi connectivity index (χ4v) is 8.43. The molecule has 0 radical (unpaired) electrons. The van der Waals surface area contributed by atoms with Gasteiger partial charge in [-0.1, -0.05) is 130 Å². The lowest BCUT2D eigenvalue weighted by Crippen LogP contribution is -2.33. The Morgan fingerprint density at radius 2 is 1.21 bits per heavy atom. The molecule has 0 atom stereocenters. The van der Waals surface area contributed by atoms with E-state index in [1.165, 1.54) is 27.8 Å². The minimum atomic E-state index is -0.108. The first-order valence-electron chi connectivity index (χ1n) is 20.1. The molecule has 0 aliphatic heterocycles. The number of phenolic OH excluding ortho intramolecular Hbond substituents is 1. The van der Waals surface area contributed by atoms with Gasteiger partial charge in [0.25, 0.3) is 0 Å². The number of nitrogens with zero attached hydrogens (tertiary/aromatic N) is 3. The average Bonchev–Trinajstić information content (AvgIpc) is 3.56. The highest BCUT2D eigenvalue weighted by Gasteiger charge is 2.38. The van der Waals surface area contributed by atoms with Crippen molar-refractivity contribution in [3.8, 4) is 56.3 Å². The zero-order chi connectivity index (χ0) is 39.8. The summed E-state index contributed by atoms with van der Waals surface area (Å²) in [4.78, 5) is 10.4. The molecule has 284 valence electrons. The highest BCUT2D eigenvalue weighted by Crippen LogP contribution is 2.50. The molecular weight excluding hydrogens is 683 g/mol. The Balaban J connectivity index is 1.32. The van der Waals surface area contributed by atoms with Crippen LogP contribution >= 0.6 is 0 Å². The Morgan fingerprint density at radius 1 is 0.571 bits per heavy atom. The second-order valence-corrected chi connectivity index (χ2v) is 19.3. The fraction of sp³-hybridized carbons (Fsp3) is 0.308. The van der Waals surface area contributed by atoms with Crippen LogP contribution in [0.2, 0.25) is 0 Å². The number of hydrogen-bond donors (Lipinski definition) is 1. The smallest absolute Gasteiger partial charge is 0.149 e. The van der Waals surface area contributed by atoms with Crippen LogP contribution in [0.15, 0.2) is 121 Å². The van der Waals surface area contributed by atoms with Crippen molar-refractivity contribution < 1.29 is 5.11 Å². The van der Waals surface area contributed by atoms with Crippen molar-refractivity contribution in [3.63, 3.8) is 0 Å². The van der Waals surface area contributed by atoms with Gasteiger partial charge in [-0.25, -0.2) is 4.98 Å². The monoisotopic (exact) mass is 737 g/mol. The lowest BCUT2D eigenvalue weighted by atomic mass is 9.63. The minimum absolute atomic E-state index is 0.0192. The SMILES string of the molecule is CC(C)(C)c1ccc(-c2ccnc(-c3cc(-c4cccc5c4nc(-c4cc6c(cc4O)C(C)(C)CCC6(C)C)n5-c4ccccc4)cc(C(C)(C)C)c3)c2)cc1. The maximum Gasteiger partial charge on any atom is 0.149 e. The van der Waals surface area contributed by atoms with Gasteiger partial charge in [-0.05, 0) is 128 Å². The Morgan fingerprint density at radius 3 is 1.88 bits per heavy atom. The number of para-hydroxylation sites is 2. The number of aromatic hydroxyl groups is 1. The van der Waals surface area contributed by atoms with E-state index in [4.69, 9.17) is 9.97 Å². The van der Waals surface area contributed by atoms with Crippen LogP contribution in [0.1, 0.15) is 104 Å². The molecule has 0 unspecified atom stereocenters. The zero-order valence-corrected chi connectivity index (χ0v) is 34.8. The van der Waals surface area contributed by atoms with Crippen LogP contribution < -0.4 is 0 Å². The molecule has 4 heteroatoms. The van der Waals surface area contributed by atoms with Gasteiger partial charge in [-0.15, -0.1) is 0 Å². The molecule has 1 aliphatic rings. The molecule has 1 N–H and O–H groups in total. The second kappa shape index (κ2) is 13.3. The standard InChI is InChI=1S/C52H55N3O/c1-49(2,3)37-21-19-33(20-22-37)34-23-26-53-44(30-34)36-27-35(28-38(29-36)50(4,5)6)40-17-14-18-45-47(40)54-48(55(45)39-15-12-11-13-16-39)41-31-42-43(32-46(41)56)52(9,10)25-24-51(42,7)8/h11-23,26-32,56H,24-25H2,1-10H3. The first kappa shape index (κ1) is 37.4. The third kappa shape index (κ3) is 6.74. The first-order valence-corrected chi connectivity index (χ1v) is 20.1. The van der Waals surface area contributed by atoms with E-state index in [0.717, 1.165) is 68.9 Å². The molecule has 7 aromatic rings. The van der Waals surface area contributed by atoms with Crippen molar-refractivity contribution in [3.05, 3.63) is 144 Å². The van der Waals surface area contributed by atoms with Gasteiger partial charge in [0, 0.05) is 23.0 Å². The molecule has 0 saturated heterocycles. The highest BCUT2D eigenvalue weighted by atomic mass is 16.3. The second-order valence-electron chi connectivity index (χ2n) is 19.3. The van der Waals surface area contributed by atoms with Crippen molar-refractivity contribution in [2.24, 2.45) is 0 Å². The van der Waals surface area contributed by atoms with E-state index in [1.54, 1.807) is 0 Å². The molecule has 0 fully saturated rings. The van der Waals surface area contributed by atoms with E-state index >= 15 is 0 Å². The molecule has 8 rings (SSSR count). The van der Waals surface area contributed by atoms with Crippen molar-refractivity contribution in [2.75, 3.05) is 0 Å². The number of hydrogen-bond acceptors (Lipinski definition) is 3. The van der Waals surface area contributed by atoms with E-state index in [9.17, 15) is 5.11 Å². The van der Waals surface area contributed by atoms with Gasteiger partial charge in [0.1, 0.15) is 11.6 Å². The number of pyridine rings is 1. The largest absolute Gasteiger partial charge is 0.507 e. The maximum atomic E-state index is 11.9. The number of phenols is 1. The van der Waals surface area contributed by atoms with Crippen LogP contribution in [0, 0.1) is 0 Å². The van der Waals surface area contributed by atoms with Gasteiger partial charge in [0.2, 0.25) is 0 Å². The predicted molar refractivity (Wildman–Crippen MR) is 235 cm³/mol. The van der Waals surface area contributed by atoms with Gasteiger partial charge in [-0.2, -0.15) is 0 Å². The van der Waals surface area contributed by atoms with Gasteiger partial charge in [0.15, 0.2) is 0 Å². The number of benzene rings is 5. The van der Waals surface area contributed by atoms with Crippen LogP contribution in [0.25, 0.3) is 61.6 Å². The van der Waals surface area contributed by atoms with E-state index in [0.29, 0.717) is 0 Å². The summed E-state index contributed by atoms with van der Waals surface area (Å²) in [6.07, 6.45) is 4.09. The summed E-state index contributed by atoms with van der Waals surface area (Å²) < 4.78 is 2.21. The van der Waals surface area contributed by atoms with Crippen molar-refractivity contribution >= 4 is 11.0 Å². The number of rotatable bonds is 5. The summed E-state index contributed by atoms with van der Waals surface area (Å²) in [6.45, 7) is 22.8. The van der Waals surface area contributed by atoms with Gasteiger partial charge in [-0.3, -0.25) is 9.55 Å². The Labute approximate surface area is 333 Å². The summed E-state index contributed by atoms with van der Waals surface area (Å²) in [6, 6.07) is 41.2. The highest BCUT2D eigenvalue weighted by molar-refractivity contribution is 5.97. The number of aromatic nitrogens is 3. The zero-order valence-electron chi connectivity index (χ0n) is 34.8. The van der Waals surface area contributed by atoms with Crippen LogP contribution in [-0.2, 0) is 21.7 Å². The summed E-state index contributed by atoms with van der Waals surface area (Å²) in [7, 11) is 0. The Kier molecular flexibility index (Phi) is 8.91. The first-order chi connectivity index (χ1) is 26.4. The molecule has 0 saturated carbocycles. The molecule has 2 aromatic heterocycles. The summed E-state index contributed by atoms with van der Waals surface area (Å²) in [5.41, 5.74) is 15.1. The normalized spacial score (nSPS) is 15.2. The third-order valence-corrected chi connectivity index (χ3v) is 12.2. The van der Waals surface area contributed by atoms with E-state index in [-0.39, 0.29) is 27.4 Å². The van der Waals surface area contributed by atoms with E-state index in [2.05, 4.69) is 177 Å². The number of imidazole rings is 1. The molecule has 0 bridgehead atoms. The molecule has 5 aromatic carbocycles. The predicted octanol–water partition coefficient (Wildman–Crippen LogP) is 13.7. The van der Waals surface area contributed by atoms with Crippen LogP contribution in [0.3, 0.4) is 0 Å². The molecule has 0 spiro atoms. The molecule has 56 heavy (non-hydrogen) atoms.